The predicted octanol–water partition coefficient (Wildman–Crippen LogP) is 3.47. The van der Waals surface area contributed by atoms with Crippen LogP contribution in [0.1, 0.15) is 11.1 Å². The van der Waals surface area contributed by atoms with Crippen LogP contribution in [-0.2, 0) is 12.8 Å². The molecule has 4 rings (SSSR count). The molecule has 0 unspecified atom stereocenters. The number of benzene rings is 2. The number of hydrogen-bond donors (Lipinski definition) is 0. The fourth-order valence-corrected chi connectivity index (χ4v) is 4.06. The first-order chi connectivity index (χ1) is 13.3. The van der Waals surface area contributed by atoms with Gasteiger partial charge < -0.3 is 4.90 Å². The molecule has 9 heteroatoms. The van der Waals surface area contributed by atoms with E-state index in [9.17, 15) is 18.0 Å². The lowest BCUT2D eigenvalue weighted by Gasteiger charge is -2.26. The van der Waals surface area contributed by atoms with Crippen LogP contribution < -0.4 is 19.8 Å². The second-order valence-corrected chi connectivity index (χ2v) is 7.66. The topological polar surface area (TPSA) is 37.6 Å². The number of rotatable bonds is 2. The fraction of sp³-hybridized carbons (Fsp3) is 0.158. The molecule has 0 fully saturated rings. The normalized spacial score (nSPS) is 14.7. The fourth-order valence-electron chi connectivity index (χ4n) is 2.90. The van der Waals surface area contributed by atoms with Crippen molar-refractivity contribution >= 4 is 34.7 Å². The minimum Gasteiger partial charge on any atom is -0.334 e. The first-order valence-electron chi connectivity index (χ1n) is 8.25. The number of fused-ring (bicyclic) bond motifs is 1. The monoisotopic (exact) mass is 423 g/mol. The Morgan fingerprint density at radius 2 is 1.93 bits per heavy atom. The van der Waals surface area contributed by atoms with Crippen LogP contribution in [0.15, 0.2) is 58.3 Å². The van der Waals surface area contributed by atoms with Gasteiger partial charge in [-0.2, -0.15) is 13.2 Å². The zero-order valence-corrected chi connectivity index (χ0v) is 15.9. The van der Waals surface area contributed by atoms with Gasteiger partial charge in [-0.15, -0.1) is 0 Å². The Balaban J connectivity index is 1.69. The number of hydrogen-bond acceptors (Lipinski definition) is 4. The van der Waals surface area contributed by atoms with E-state index in [-0.39, 0.29) is 18.9 Å². The van der Waals surface area contributed by atoms with Gasteiger partial charge in [0.1, 0.15) is 13.3 Å². The summed E-state index contributed by atoms with van der Waals surface area (Å²) in [6.07, 6.45) is -2.69. The molecule has 2 aromatic carbocycles. The van der Waals surface area contributed by atoms with Gasteiger partial charge >= 0.3 is 6.18 Å². The van der Waals surface area contributed by atoms with Gasteiger partial charge in [0.25, 0.3) is 5.56 Å². The molecule has 0 saturated heterocycles. The molecule has 144 valence electrons. The molecule has 3 aromatic rings. The van der Waals surface area contributed by atoms with Crippen LogP contribution in [-0.4, -0.2) is 11.2 Å². The van der Waals surface area contributed by atoms with E-state index in [1.807, 2.05) is 6.07 Å². The summed E-state index contributed by atoms with van der Waals surface area (Å²) >= 11 is 7.22. The Morgan fingerprint density at radius 1 is 1.14 bits per heavy atom. The average Bonchev–Trinajstić information content (AvgIpc) is 2.96. The zero-order chi connectivity index (χ0) is 19.9. The van der Waals surface area contributed by atoms with Gasteiger partial charge in [-0.25, -0.2) is 4.99 Å². The standard InChI is InChI=1S/C19H13ClF3N3OS/c20-14-5-1-3-12(7-14)8-16-17(27)26-11-25(10-24-18(26)28-16)15-6-2-4-13(9-15)19(21,22)23/h1-9H,10-11H2. The summed E-state index contributed by atoms with van der Waals surface area (Å²) < 4.78 is 40.9. The molecule has 0 saturated carbocycles. The SMILES string of the molecule is O=c1c(=Cc2cccc(Cl)c2)sc2n1CN(c1cccc(C(F)(F)F)c1)CN=2. The maximum Gasteiger partial charge on any atom is 0.416 e. The highest BCUT2D eigenvalue weighted by Crippen LogP contribution is 2.31. The third-order valence-corrected chi connectivity index (χ3v) is 5.54. The van der Waals surface area contributed by atoms with Gasteiger partial charge in [-0.3, -0.25) is 9.36 Å². The van der Waals surface area contributed by atoms with Crippen LogP contribution in [0.4, 0.5) is 18.9 Å². The number of thiazole rings is 1. The lowest BCUT2D eigenvalue weighted by Crippen LogP contribution is -2.42. The highest BCUT2D eigenvalue weighted by atomic mass is 35.5. The van der Waals surface area contributed by atoms with Crippen molar-refractivity contribution in [2.75, 3.05) is 11.6 Å². The second kappa shape index (κ2) is 7.10. The molecule has 1 aliphatic heterocycles. The average molecular weight is 424 g/mol. The molecule has 0 radical (unpaired) electrons. The van der Waals surface area contributed by atoms with Crippen LogP contribution in [0.25, 0.3) is 6.08 Å². The van der Waals surface area contributed by atoms with Crippen LogP contribution in [0.3, 0.4) is 0 Å². The minimum atomic E-state index is -4.42. The summed E-state index contributed by atoms with van der Waals surface area (Å²) in [6.45, 7) is 0.316. The quantitative estimate of drug-likeness (QED) is 0.633. The first-order valence-corrected chi connectivity index (χ1v) is 9.44. The lowest BCUT2D eigenvalue weighted by molar-refractivity contribution is -0.137. The van der Waals surface area contributed by atoms with Crippen LogP contribution in [0, 0.1) is 0 Å². The number of nitrogens with zero attached hydrogens (tertiary/aromatic N) is 3. The lowest BCUT2D eigenvalue weighted by atomic mass is 10.2. The molecule has 0 aliphatic carbocycles. The summed E-state index contributed by atoms with van der Waals surface area (Å²) in [5, 5.41) is 0.565. The van der Waals surface area contributed by atoms with E-state index in [1.165, 1.54) is 22.0 Å². The van der Waals surface area contributed by atoms with Gasteiger partial charge in [0, 0.05) is 10.7 Å². The molecule has 0 atom stereocenters. The minimum absolute atomic E-state index is 0.138. The van der Waals surface area contributed by atoms with Gasteiger partial charge in [0.2, 0.25) is 0 Å². The summed E-state index contributed by atoms with van der Waals surface area (Å²) in [7, 11) is 0. The second-order valence-electron chi connectivity index (χ2n) is 6.21. The highest BCUT2D eigenvalue weighted by Gasteiger charge is 2.31. The maximum atomic E-state index is 13.0. The Bertz CT molecular complexity index is 1220. The number of anilines is 1. The van der Waals surface area contributed by atoms with E-state index in [0.29, 0.717) is 20.0 Å². The van der Waals surface area contributed by atoms with Crippen molar-refractivity contribution in [1.29, 1.82) is 0 Å². The van der Waals surface area contributed by atoms with E-state index in [1.54, 1.807) is 35.2 Å². The van der Waals surface area contributed by atoms with Gasteiger partial charge in [-0.1, -0.05) is 41.1 Å². The van der Waals surface area contributed by atoms with Crippen molar-refractivity contribution in [2.24, 2.45) is 4.99 Å². The first kappa shape index (κ1) is 18.8. The van der Waals surface area contributed by atoms with E-state index in [4.69, 9.17) is 11.6 Å². The van der Waals surface area contributed by atoms with Crippen molar-refractivity contribution < 1.29 is 13.2 Å². The molecule has 4 nitrogen and oxygen atoms in total. The van der Waals surface area contributed by atoms with Gasteiger partial charge in [-0.05, 0) is 42.0 Å². The zero-order valence-electron chi connectivity index (χ0n) is 14.3. The number of alkyl halides is 3. The van der Waals surface area contributed by atoms with E-state index < -0.39 is 11.7 Å². The van der Waals surface area contributed by atoms with E-state index in [2.05, 4.69) is 4.99 Å². The van der Waals surface area contributed by atoms with Crippen LogP contribution in [0.2, 0.25) is 5.02 Å². The van der Waals surface area contributed by atoms with E-state index >= 15 is 0 Å². The largest absolute Gasteiger partial charge is 0.416 e. The maximum absolute atomic E-state index is 13.0. The third-order valence-electron chi connectivity index (χ3n) is 4.26. The summed E-state index contributed by atoms with van der Waals surface area (Å²) in [4.78, 5) is 19.3. The molecular weight excluding hydrogens is 411 g/mol. The van der Waals surface area contributed by atoms with Crippen molar-refractivity contribution in [3.05, 3.63) is 84.4 Å². The van der Waals surface area contributed by atoms with Gasteiger partial charge in [0.15, 0.2) is 4.80 Å². The molecule has 1 aromatic heterocycles. The van der Waals surface area contributed by atoms with E-state index in [0.717, 1.165) is 17.7 Å². The molecule has 0 spiro atoms. The molecule has 0 N–H and O–H groups in total. The Labute approximate surface area is 166 Å². The Kier molecular flexibility index (Phi) is 4.76. The summed E-state index contributed by atoms with van der Waals surface area (Å²) in [5.41, 5.74) is 0.185. The van der Waals surface area contributed by atoms with Crippen LogP contribution in [0.5, 0.6) is 0 Å². The predicted molar refractivity (Wildman–Crippen MR) is 103 cm³/mol. The molecular formula is C19H13ClF3N3OS. The van der Waals surface area contributed by atoms with Crippen molar-refractivity contribution in [3.8, 4) is 0 Å². The molecule has 0 bridgehead atoms. The van der Waals surface area contributed by atoms with Crippen LogP contribution >= 0.6 is 22.9 Å². The number of aromatic nitrogens is 1. The summed E-state index contributed by atoms with van der Waals surface area (Å²) in [6, 6.07) is 12.1. The molecule has 2 heterocycles. The molecule has 0 amide bonds. The molecule has 28 heavy (non-hydrogen) atoms. The number of halogens is 4. The highest BCUT2D eigenvalue weighted by molar-refractivity contribution is 7.07. The summed E-state index contributed by atoms with van der Waals surface area (Å²) in [5.74, 6) is 0. The van der Waals surface area contributed by atoms with Crippen molar-refractivity contribution in [2.45, 2.75) is 12.8 Å². The Hall–Kier alpha value is -2.58. The van der Waals surface area contributed by atoms with Crippen molar-refractivity contribution in [1.82, 2.24) is 4.57 Å². The van der Waals surface area contributed by atoms with Gasteiger partial charge in [0.05, 0.1) is 10.1 Å². The third kappa shape index (κ3) is 3.70. The molecule has 1 aliphatic rings. The smallest absolute Gasteiger partial charge is 0.334 e. The Morgan fingerprint density at radius 3 is 2.68 bits per heavy atom. The van der Waals surface area contributed by atoms with Crippen molar-refractivity contribution in [3.63, 3.8) is 0 Å².